The molecular weight excluding hydrogens is 276 g/mol. The van der Waals surface area contributed by atoms with Crippen LogP contribution in [0.3, 0.4) is 0 Å². The van der Waals surface area contributed by atoms with Gasteiger partial charge < -0.3 is 10.1 Å². The van der Waals surface area contributed by atoms with Gasteiger partial charge in [0.2, 0.25) is 5.95 Å². The van der Waals surface area contributed by atoms with E-state index in [1.807, 2.05) is 18.4 Å². The number of rotatable bonds is 2. The van der Waals surface area contributed by atoms with Crippen LogP contribution in [-0.2, 0) is 9.53 Å². The van der Waals surface area contributed by atoms with Gasteiger partial charge in [-0.25, -0.2) is 4.68 Å². The van der Waals surface area contributed by atoms with Gasteiger partial charge in [-0.2, -0.15) is 10.1 Å². The summed E-state index contributed by atoms with van der Waals surface area (Å²) in [6, 6.07) is 1.75. The number of carbonyl (C=O) groups excluding carboxylic acids is 1. The van der Waals surface area contributed by atoms with Gasteiger partial charge in [0.05, 0.1) is 7.11 Å². The topological polar surface area (TPSA) is 69.0 Å². The van der Waals surface area contributed by atoms with Crippen molar-refractivity contribution in [3.63, 3.8) is 0 Å². The molecule has 0 saturated heterocycles. The normalized spacial score (nSPS) is 21.2. The van der Waals surface area contributed by atoms with Gasteiger partial charge in [-0.1, -0.05) is 6.58 Å². The second kappa shape index (κ2) is 4.75. The molecule has 3 heterocycles. The second-order valence-electron chi connectivity index (χ2n) is 4.59. The predicted octanol–water partition coefficient (Wildman–Crippen LogP) is 1.97. The van der Waals surface area contributed by atoms with E-state index < -0.39 is 5.92 Å². The van der Waals surface area contributed by atoms with Crippen molar-refractivity contribution in [2.24, 2.45) is 5.92 Å². The first-order chi connectivity index (χ1) is 9.63. The number of aryl methyl sites for hydroxylation is 1. The van der Waals surface area contributed by atoms with Gasteiger partial charge in [-0.15, -0.1) is 11.3 Å². The Morgan fingerprint density at radius 1 is 1.60 bits per heavy atom. The fourth-order valence-electron chi connectivity index (χ4n) is 2.44. The number of hydrogen-bond acceptors (Lipinski definition) is 6. The van der Waals surface area contributed by atoms with Crippen LogP contribution in [0.15, 0.2) is 30.0 Å². The summed E-state index contributed by atoms with van der Waals surface area (Å²) in [6.45, 7) is 5.96. The quantitative estimate of drug-likeness (QED) is 0.856. The third-order valence-electron chi connectivity index (χ3n) is 3.43. The molecule has 0 aromatic carbocycles. The van der Waals surface area contributed by atoms with Gasteiger partial charge in [0.15, 0.2) is 0 Å². The maximum absolute atomic E-state index is 12.1. The van der Waals surface area contributed by atoms with E-state index in [0.717, 1.165) is 10.4 Å². The van der Waals surface area contributed by atoms with Crippen LogP contribution in [0.25, 0.3) is 0 Å². The lowest BCUT2D eigenvalue weighted by atomic mass is 9.92. The number of ether oxygens (including phenoxy) is 1. The first-order valence-electron chi connectivity index (χ1n) is 6.10. The molecule has 0 spiro atoms. The molecule has 1 N–H and O–H groups in total. The highest BCUT2D eigenvalue weighted by atomic mass is 32.1. The van der Waals surface area contributed by atoms with E-state index in [0.29, 0.717) is 11.6 Å². The summed E-state index contributed by atoms with van der Waals surface area (Å²) in [6.07, 6.45) is 1.46. The standard InChI is InChI=1S/C13H14N4O2S/c1-7-4-5-20-11(7)10-9(12(18)19-3)8(2)16-13-14-6-15-17(10)13/h4-6,9-10H,2H2,1,3H3,(H,14,15,16). The average molecular weight is 290 g/mol. The number of nitrogens with zero attached hydrogens (tertiary/aromatic N) is 3. The maximum atomic E-state index is 12.1. The molecule has 0 aliphatic carbocycles. The summed E-state index contributed by atoms with van der Waals surface area (Å²) in [5, 5.41) is 9.25. The van der Waals surface area contributed by atoms with E-state index >= 15 is 0 Å². The van der Waals surface area contributed by atoms with Gasteiger partial charge in [0.1, 0.15) is 18.3 Å². The van der Waals surface area contributed by atoms with E-state index in [9.17, 15) is 4.79 Å². The Balaban J connectivity index is 2.17. The zero-order chi connectivity index (χ0) is 14.3. The molecular formula is C13H14N4O2S. The molecule has 0 radical (unpaired) electrons. The smallest absolute Gasteiger partial charge is 0.317 e. The van der Waals surface area contributed by atoms with Gasteiger partial charge >= 0.3 is 5.97 Å². The fraction of sp³-hybridized carbons (Fsp3) is 0.308. The van der Waals surface area contributed by atoms with Crippen molar-refractivity contribution in [3.05, 3.63) is 40.5 Å². The van der Waals surface area contributed by atoms with Crippen molar-refractivity contribution in [1.82, 2.24) is 14.8 Å². The maximum Gasteiger partial charge on any atom is 0.317 e. The van der Waals surface area contributed by atoms with E-state index in [4.69, 9.17) is 4.74 Å². The Morgan fingerprint density at radius 2 is 2.40 bits per heavy atom. The molecule has 0 bridgehead atoms. The number of aromatic nitrogens is 3. The number of nitrogens with one attached hydrogen (secondary N) is 1. The number of thiophene rings is 1. The molecule has 3 rings (SSSR count). The molecule has 2 aromatic rings. The SMILES string of the molecule is C=C1Nc2ncnn2C(c2sccc2C)C1C(=O)OC. The molecule has 6 nitrogen and oxygen atoms in total. The van der Waals surface area contributed by atoms with Crippen molar-refractivity contribution < 1.29 is 9.53 Å². The summed E-state index contributed by atoms with van der Waals surface area (Å²) in [5.74, 6) is -0.263. The van der Waals surface area contributed by atoms with E-state index in [1.165, 1.54) is 13.4 Å². The highest BCUT2D eigenvalue weighted by Gasteiger charge is 2.41. The van der Waals surface area contributed by atoms with Crippen molar-refractivity contribution in [1.29, 1.82) is 0 Å². The zero-order valence-corrected chi connectivity index (χ0v) is 12.0. The highest BCUT2D eigenvalue weighted by molar-refractivity contribution is 7.10. The Hall–Kier alpha value is -2.15. The highest BCUT2D eigenvalue weighted by Crippen LogP contribution is 2.40. The van der Waals surface area contributed by atoms with Crippen LogP contribution >= 0.6 is 11.3 Å². The number of fused-ring (bicyclic) bond motifs is 1. The van der Waals surface area contributed by atoms with Crippen molar-refractivity contribution in [3.8, 4) is 0 Å². The van der Waals surface area contributed by atoms with Crippen LogP contribution in [0, 0.1) is 12.8 Å². The summed E-state index contributed by atoms with van der Waals surface area (Å²) < 4.78 is 6.64. The Morgan fingerprint density at radius 3 is 3.05 bits per heavy atom. The van der Waals surface area contributed by atoms with Crippen molar-refractivity contribution in [2.75, 3.05) is 12.4 Å². The first kappa shape index (κ1) is 12.9. The first-order valence-corrected chi connectivity index (χ1v) is 6.98. The molecule has 0 amide bonds. The van der Waals surface area contributed by atoms with Gasteiger partial charge in [0.25, 0.3) is 0 Å². The summed E-state index contributed by atoms with van der Waals surface area (Å²) in [7, 11) is 1.38. The van der Waals surface area contributed by atoms with Crippen LogP contribution < -0.4 is 5.32 Å². The van der Waals surface area contributed by atoms with E-state index in [2.05, 4.69) is 22.0 Å². The third-order valence-corrected chi connectivity index (χ3v) is 4.52. The second-order valence-corrected chi connectivity index (χ2v) is 5.54. The minimum Gasteiger partial charge on any atom is -0.468 e. The summed E-state index contributed by atoms with van der Waals surface area (Å²) in [4.78, 5) is 17.4. The lowest BCUT2D eigenvalue weighted by molar-refractivity contribution is -0.145. The number of anilines is 1. The minimum atomic E-state index is -0.522. The molecule has 1 aliphatic heterocycles. The van der Waals surface area contributed by atoms with Crippen LogP contribution in [0.4, 0.5) is 5.95 Å². The monoisotopic (exact) mass is 290 g/mol. The van der Waals surface area contributed by atoms with Crippen LogP contribution in [0.5, 0.6) is 0 Å². The zero-order valence-electron chi connectivity index (χ0n) is 11.2. The Bertz CT molecular complexity index is 675. The lowest BCUT2D eigenvalue weighted by Gasteiger charge is -2.32. The number of carbonyl (C=O) groups is 1. The molecule has 1 aliphatic rings. The number of hydrogen-bond donors (Lipinski definition) is 1. The molecule has 2 aromatic heterocycles. The van der Waals surface area contributed by atoms with Crippen LogP contribution in [0.2, 0.25) is 0 Å². The van der Waals surface area contributed by atoms with Crippen molar-refractivity contribution >= 4 is 23.3 Å². The number of methoxy groups -OCH3 is 1. The molecule has 2 atom stereocenters. The molecule has 2 unspecified atom stereocenters. The summed E-state index contributed by atoms with van der Waals surface area (Å²) >= 11 is 1.59. The molecule has 0 fully saturated rings. The minimum absolute atomic E-state index is 0.270. The predicted molar refractivity (Wildman–Crippen MR) is 75.5 cm³/mol. The lowest BCUT2D eigenvalue weighted by Crippen LogP contribution is -2.37. The van der Waals surface area contributed by atoms with E-state index in [1.54, 1.807) is 16.0 Å². The van der Waals surface area contributed by atoms with Gasteiger partial charge in [-0.05, 0) is 23.9 Å². The average Bonchev–Trinajstić information content (AvgIpc) is 3.05. The van der Waals surface area contributed by atoms with Crippen LogP contribution in [-0.4, -0.2) is 27.8 Å². The summed E-state index contributed by atoms with van der Waals surface area (Å²) in [5.41, 5.74) is 1.69. The molecule has 20 heavy (non-hydrogen) atoms. The van der Waals surface area contributed by atoms with Crippen LogP contribution in [0.1, 0.15) is 16.5 Å². The Labute approximate surface area is 120 Å². The fourth-order valence-corrected chi connectivity index (χ4v) is 3.49. The van der Waals surface area contributed by atoms with Gasteiger partial charge in [0, 0.05) is 10.6 Å². The van der Waals surface area contributed by atoms with Crippen molar-refractivity contribution in [2.45, 2.75) is 13.0 Å². The molecule has 0 saturated carbocycles. The molecule has 7 heteroatoms. The molecule has 104 valence electrons. The largest absolute Gasteiger partial charge is 0.468 e. The Kier molecular flexibility index (Phi) is 3.06. The van der Waals surface area contributed by atoms with E-state index in [-0.39, 0.29) is 12.0 Å². The van der Waals surface area contributed by atoms with Gasteiger partial charge in [-0.3, -0.25) is 4.79 Å². The number of esters is 1. The third kappa shape index (κ3) is 1.82.